The van der Waals surface area contributed by atoms with Crippen LogP contribution in [0.25, 0.3) is 11.1 Å². The molecule has 0 fully saturated rings. The molecule has 3 aromatic carbocycles. The first-order valence-electron chi connectivity index (χ1n) is 7.36. The number of benzene rings is 3. The first kappa shape index (κ1) is 16.0. The molecule has 0 radical (unpaired) electrons. The molecule has 0 heterocycles. The molecular formula is C20H14ClNO2. The molecule has 0 aliphatic carbocycles. The summed E-state index contributed by atoms with van der Waals surface area (Å²) in [5, 5.41) is 9.24. The Hall–Kier alpha value is -2.91. The van der Waals surface area contributed by atoms with E-state index in [1.165, 1.54) is 12.1 Å². The Morgan fingerprint density at radius 2 is 1.58 bits per heavy atom. The molecule has 24 heavy (non-hydrogen) atoms. The number of carbonyl (C=O) groups is 1. The molecule has 3 aromatic rings. The molecule has 0 aromatic heterocycles. The molecule has 1 N–H and O–H groups in total. The number of aliphatic imine (C=N–C) groups is 1. The van der Waals surface area contributed by atoms with Crippen LogP contribution in [0.5, 0.6) is 0 Å². The standard InChI is InChI=1S/C20H14ClNO2/c21-18-12-17(20(23)24)10-11-19(18)22-13-14-6-8-16(9-7-14)15-4-2-1-3-5-15/h1-13H,(H,23,24)/b22-13+. The van der Waals surface area contributed by atoms with Crippen molar-refractivity contribution in [3.63, 3.8) is 0 Å². The summed E-state index contributed by atoms with van der Waals surface area (Å²) in [5.74, 6) is -1.01. The summed E-state index contributed by atoms with van der Waals surface area (Å²) in [6.07, 6.45) is 1.70. The van der Waals surface area contributed by atoms with Gasteiger partial charge in [0.15, 0.2) is 0 Å². The second-order valence-corrected chi connectivity index (χ2v) is 5.62. The highest BCUT2D eigenvalue weighted by Gasteiger charge is 2.06. The largest absolute Gasteiger partial charge is 0.478 e. The van der Waals surface area contributed by atoms with Gasteiger partial charge in [-0.25, -0.2) is 4.79 Å². The average molecular weight is 336 g/mol. The van der Waals surface area contributed by atoms with Crippen molar-refractivity contribution in [1.29, 1.82) is 0 Å². The fourth-order valence-electron chi connectivity index (χ4n) is 2.28. The maximum Gasteiger partial charge on any atom is 0.335 e. The predicted molar refractivity (Wildman–Crippen MR) is 97.5 cm³/mol. The van der Waals surface area contributed by atoms with Gasteiger partial charge in [0.25, 0.3) is 0 Å². The smallest absolute Gasteiger partial charge is 0.335 e. The van der Waals surface area contributed by atoms with Gasteiger partial charge in [0, 0.05) is 6.21 Å². The van der Waals surface area contributed by atoms with Gasteiger partial charge in [-0.2, -0.15) is 0 Å². The van der Waals surface area contributed by atoms with Crippen LogP contribution in [-0.2, 0) is 0 Å². The third-order valence-corrected chi connectivity index (χ3v) is 3.87. The van der Waals surface area contributed by atoms with Gasteiger partial charge >= 0.3 is 5.97 Å². The summed E-state index contributed by atoms with van der Waals surface area (Å²) in [6.45, 7) is 0. The van der Waals surface area contributed by atoms with E-state index in [4.69, 9.17) is 16.7 Å². The van der Waals surface area contributed by atoms with Crippen LogP contribution >= 0.6 is 11.6 Å². The summed E-state index contributed by atoms with van der Waals surface area (Å²) < 4.78 is 0. The Balaban J connectivity index is 1.79. The van der Waals surface area contributed by atoms with Crippen LogP contribution in [0.2, 0.25) is 5.02 Å². The lowest BCUT2D eigenvalue weighted by atomic mass is 10.0. The molecule has 0 saturated heterocycles. The normalized spacial score (nSPS) is 10.9. The van der Waals surface area contributed by atoms with E-state index in [0.717, 1.165) is 16.7 Å². The molecule has 0 bridgehead atoms. The number of halogens is 1. The number of carboxylic acids is 1. The minimum Gasteiger partial charge on any atom is -0.478 e. The summed E-state index contributed by atoms with van der Waals surface area (Å²) in [7, 11) is 0. The highest BCUT2D eigenvalue weighted by Crippen LogP contribution is 2.26. The molecule has 118 valence electrons. The van der Waals surface area contributed by atoms with Crippen LogP contribution in [0.3, 0.4) is 0 Å². The summed E-state index contributed by atoms with van der Waals surface area (Å²) >= 11 is 6.07. The molecule has 0 spiro atoms. The SMILES string of the molecule is O=C(O)c1ccc(/N=C/c2ccc(-c3ccccc3)cc2)c(Cl)c1. The van der Waals surface area contributed by atoms with E-state index in [2.05, 4.69) is 17.1 Å². The van der Waals surface area contributed by atoms with Crippen LogP contribution in [0.1, 0.15) is 15.9 Å². The summed E-state index contributed by atoms with van der Waals surface area (Å²) in [6, 6.07) is 22.6. The highest BCUT2D eigenvalue weighted by atomic mass is 35.5. The van der Waals surface area contributed by atoms with Crippen LogP contribution in [0, 0.1) is 0 Å². The third-order valence-electron chi connectivity index (χ3n) is 3.57. The minimum atomic E-state index is -1.01. The zero-order valence-corrected chi connectivity index (χ0v) is 13.4. The Labute approximate surface area is 144 Å². The fraction of sp³-hybridized carbons (Fsp3) is 0. The van der Waals surface area contributed by atoms with Crippen molar-refractivity contribution >= 4 is 29.5 Å². The van der Waals surface area contributed by atoms with Crippen LogP contribution in [-0.4, -0.2) is 17.3 Å². The third kappa shape index (κ3) is 3.70. The molecule has 0 aliphatic rings. The van der Waals surface area contributed by atoms with E-state index in [0.29, 0.717) is 10.7 Å². The van der Waals surface area contributed by atoms with E-state index in [1.54, 1.807) is 12.3 Å². The molecule has 0 unspecified atom stereocenters. The monoisotopic (exact) mass is 335 g/mol. The Morgan fingerprint density at radius 1 is 0.917 bits per heavy atom. The molecule has 0 saturated carbocycles. The molecule has 3 nitrogen and oxygen atoms in total. The van der Waals surface area contributed by atoms with E-state index >= 15 is 0 Å². The summed E-state index contributed by atoms with van der Waals surface area (Å²) in [5.41, 5.74) is 3.91. The van der Waals surface area contributed by atoms with E-state index in [1.807, 2.05) is 42.5 Å². The number of hydrogen-bond donors (Lipinski definition) is 1. The maximum absolute atomic E-state index is 10.9. The molecule has 0 atom stereocenters. The van der Waals surface area contributed by atoms with Crippen molar-refractivity contribution in [2.24, 2.45) is 4.99 Å². The van der Waals surface area contributed by atoms with E-state index in [-0.39, 0.29) is 5.56 Å². The number of hydrogen-bond acceptors (Lipinski definition) is 2. The minimum absolute atomic E-state index is 0.145. The Morgan fingerprint density at radius 3 is 2.21 bits per heavy atom. The maximum atomic E-state index is 10.9. The second kappa shape index (κ2) is 7.11. The van der Waals surface area contributed by atoms with Gasteiger partial charge in [-0.05, 0) is 34.9 Å². The van der Waals surface area contributed by atoms with Crippen molar-refractivity contribution in [1.82, 2.24) is 0 Å². The van der Waals surface area contributed by atoms with Crippen LogP contribution in [0.4, 0.5) is 5.69 Å². The quantitative estimate of drug-likeness (QED) is 0.644. The Kier molecular flexibility index (Phi) is 4.73. The van der Waals surface area contributed by atoms with Gasteiger partial charge in [0.05, 0.1) is 16.3 Å². The van der Waals surface area contributed by atoms with Gasteiger partial charge < -0.3 is 5.11 Å². The van der Waals surface area contributed by atoms with Gasteiger partial charge in [-0.15, -0.1) is 0 Å². The first-order chi connectivity index (χ1) is 11.6. The molecule has 4 heteroatoms. The fourth-order valence-corrected chi connectivity index (χ4v) is 2.51. The average Bonchev–Trinajstić information content (AvgIpc) is 2.62. The first-order valence-corrected chi connectivity index (χ1v) is 7.74. The molecule has 3 rings (SSSR count). The lowest BCUT2D eigenvalue weighted by Crippen LogP contribution is -1.94. The second-order valence-electron chi connectivity index (χ2n) is 5.22. The highest BCUT2D eigenvalue weighted by molar-refractivity contribution is 6.33. The van der Waals surface area contributed by atoms with E-state index < -0.39 is 5.97 Å². The van der Waals surface area contributed by atoms with Crippen molar-refractivity contribution in [2.75, 3.05) is 0 Å². The number of rotatable bonds is 4. The van der Waals surface area contributed by atoms with Crippen molar-refractivity contribution < 1.29 is 9.90 Å². The van der Waals surface area contributed by atoms with E-state index in [9.17, 15) is 4.79 Å². The van der Waals surface area contributed by atoms with Crippen LogP contribution in [0.15, 0.2) is 77.8 Å². The zero-order chi connectivity index (χ0) is 16.9. The Bertz CT molecular complexity index is 887. The van der Waals surface area contributed by atoms with Crippen molar-refractivity contribution in [3.8, 4) is 11.1 Å². The number of aromatic carboxylic acids is 1. The molecule has 0 aliphatic heterocycles. The molecular weight excluding hydrogens is 322 g/mol. The van der Waals surface area contributed by atoms with Gasteiger partial charge in [-0.3, -0.25) is 4.99 Å². The van der Waals surface area contributed by atoms with Gasteiger partial charge in [0.2, 0.25) is 0 Å². The number of carboxylic acid groups (broad SMARTS) is 1. The predicted octanol–water partition coefficient (Wildman–Crippen LogP) is 5.46. The topological polar surface area (TPSA) is 49.7 Å². The summed E-state index contributed by atoms with van der Waals surface area (Å²) in [4.78, 5) is 15.2. The van der Waals surface area contributed by atoms with Crippen molar-refractivity contribution in [2.45, 2.75) is 0 Å². The zero-order valence-electron chi connectivity index (χ0n) is 12.7. The molecule has 0 amide bonds. The van der Waals surface area contributed by atoms with Crippen LogP contribution < -0.4 is 0 Å². The van der Waals surface area contributed by atoms with Gasteiger partial charge in [-0.1, -0.05) is 66.2 Å². The lowest BCUT2D eigenvalue weighted by Gasteiger charge is -2.02. The van der Waals surface area contributed by atoms with Gasteiger partial charge in [0.1, 0.15) is 0 Å². The lowest BCUT2D eigenvalue weighted by molar-refractivity contribution is 0.0697. The van der Waals surface area contributed by atoms with Crippen molar-refractivity contribution in [3.05, 3.63) is 88.9 Å². The number of nitrogens with zero attached hydrogens (tertiary/aromatic N) is 1.